The summed E-state index contributed by atoms with van der Waals surface area (Å²) in [7, 11) is 2.80. The van der Waals surface area contributed by atoms with Gasteiger partial charge >= 0.3 is 12.0 Å². The minimum atomic E-state index is -0.526. The first-order chi connectivity index (χ1) is 8.56. The maximum atomic E-state index is 11.5. The van der Waals surface area contributed by atoms with Gasteiger partial charge < -0.3 is 10.1 Å². The number of esters is 1. The second kappa shape index (κ2) is 6.95. The van der Waals surface area contributed by atoms with Crippen molar-refractivity contribution < 1.29 is 19.1 Å². The number of urea groups is 1. The van der Waals surface area contributed by atoms with Crippen LogP contribution in [0, 0.1) is 5.92 Å². The molecule has 1 rings (SSSR count). The zero-order valence-electron chi connectivity index (χ0n) is 10.7. The summed E-state index contributed by atoms with van der Waals surface area (Å²) >= 11 is 0. The first-order valence-corrected chi connectivity index (χ1v) is 5.88. The summed E-state index contributed by atoms with van der Waals surface area (Å²) in [5.74, 6) is -0.803. The molecule has 0 aromatic heterocycles. The van der Waals surface area contributed by atoms with Crippen molar-refractivity contribution in [1.29, 1.82) is 0 Å². The minimum Gasteiger partial charge on any atom is -0.469 e. The van der Waals surface area contributed by atoms with Crippen LogP contribution >= 0.6 is 0 Å². The Balaban J connectivity index is 2.40. The predicted octanol–water partition coefficient (Wildman–Crippen LogP) is -0.673. The molecule has 0 aromatic rings. The van der Waals surface area contributed by atoms with E-state index < -0.39 is 6.03 Å². The SMILES string of the molecule is CNC(=O)NC(=O)CN1CCCC(C(=O)OC)C1. The molecule has 1 unspecified atom stereocenters. The fourth-order valence-corrected chi connectivity index (χ4v) is 1.99. The van der Waals surface area contributed by atoms with Crippen LogP contribution < -0.4 is 10.6 Å². The third-order valence-electron chi connectivity index (χ3n) is 2.89. The predicted molar refractivity (Wildman–Crippen MR) is 63.8 cm³/mol. The summed E-state index contributed by atoms with van der Waals surface area (Å²) in [6, 6.07) is -0.526. The molecule has 102 valence electrons. The molecule has 2 N–H and O–H groups in total. The van der Waals surface area contributed by atoms with Crippen LogP contribution in [0.5, 0.6) is 0 Å². The van der Waals surface area contributed by atoms with Crippen molar-refractivity contribution in [2.24, 2.45) is 5.92 Å². The second-order valence-corrected chi connectivity index (χ2v) is 4.22. The molecular formula is C11H19N3O4. The molecule has 18 heavy (non-hydrogen) atoms. The zero-order valence-corrected chi connectivity index (χ0v) is 10.7. The van der Waals surface area contributed by atoms with Gasteiger partial charge in [0.15, 0.2) is 0 Å². The number of hydrogen-bond acceptors (Lipinski definition) is 5. The van der Waals surface area contributed by atoms with Crippen LogP contribution in [0.1, 0.15) is 12.8 Å². The quantitative estimate of drug-likeness (QED) is 0.654. The van der Waals surface area contributed by atoms with Gasteiger partial charge in [0.25, 0.3) is 0 Å². The van der Waals surface area contributed by atoms with Gasteiger partial charge in [0, 0.05) is 13.6 Å². The van der Waals surface area contributed by atoms with Gasteiger partial charge in [-0.3, -0.25) is 19.8 Å². The first-order valence-electron chi connectivity index (χ1n) is 5.88. The van der Waals surface area contributed by atoms with Gasteiger partial charge in [-0.15, -0.1) is 0 Å². The Kier molecular flexibility index (Phi) is 5.57. The average Bonchev–Trinajstić information content (AvgIpc) is 2.37. The summed E-state index contributed by atoms with van der Waals surface area (Å²) in [5, 5.41) is 4.49. The molecule has 1 atom stereocenters. The van der Waals surface area contributed by atoms with Crippen molar-refractivity contribution in [2.75, 3.05) is 33.8 Å². The molecule has 7 nitrogen and oxygen atoms in total. The normalized spacial score (nSPS) is 20.0. The number of piperidine rings is 1. The Morgan fingerprint density at radius 1 is 1.39 bits per heavy atom. The summed E-state index contributed by atoms with van der Waals surface area (Å²) < 4.78 is 4.69. The first kappa shape index (κ1) is 14.4. The molecule has 1 saturated heterocycles. The van der Waals surface area contributed by atoms with Crippen molar-refractivity contribution in [1.82, 2.24) is 15.5 Å². The van der Waals surface area contributed by atoms with E-state index in [0.29, 0.717) is 6.54 Å². The van der Waals surface area contributed by atoms with Gasteiger partial charge in [-0.25, -0.2) is 4.79 Å². The van der Waals surface area contributed by atoms with E-state index in [1.807, 2.05) is 4.90 Å². The van der Waals surface area contributed by atoms with Crippen LogP contribution in [0.4, 0.5) is 4.79 Å². The summed E-state index contributed by atoms with van der Waals surface area (Å²) in [4.78, 5) is 35.7. The van der Waals surface area contributed by atoms with Crippen molar-refractivity contribution >= 4 is 17.9 Å². The average molecular weight is 257 g/mol. The van der Waals surface area contributed by atoms with Gasteiger partial charge in [-0.05, 0) is 19.4 Å². The van der Waals surface area contributed by atoms with Gasteiger partial charge in [0.05, 0.1) is 19.6 Å². The Bertz CT molecular complexity index is 332. The van der Waals surface area contributed by atoms with E-state index in [0.717, 1.165) is 19.4 Å². The van der Waals surface area contributed by atoms with Crippen molar-refractivity contribution in [3.63, 3.8) is 0 Å². The molecule has 7 heteroatoms. The lowest BCUT2D eigenvalue weighted by Crippen LogP contribution is -2.47. The molecular weight excluding hydrogens is 238 g/mol. The van der Waals surface area contributed by atoms with Gasteiger partial charge in [-0.2, -0.15) is 0 Å². The highest BCUT2D eigenvalue weighted by Gasteiger charge is 2.27. The molecule has 1 fully saturated rings. The van der Waals surface area contributed by atoms with Gasteiger partial charge in [0.1, 0.15) is 0 Å². The Morgan fingerprint density at radius 3 is 2.72 bits per heavy atom. The highest BCUT2D eigenvalue weighted by atomic mass is 16.5. The van der Waals surface area contributed by atoms with Crippen LogP contribution in [-0.2, 0) is 14.3 Å². The number of methoxy groups -OCH3 is 1. The lowest BCUT2D eigenvalue weighted by atomic mass is 9.98. The molecule has 1 aliphatic heterocycles. The summed E-state index contributed by atoms with van der Waals surface area (Å²) in [6.45, 7) is 1.35. The number of likely N-dealkylation sites (tertiary alicyclic amines) is 1. The fraction of sp³-hybridized carbons (Fsp3) is 0.727. The number of ether oxygens (including phenoxy) is 1. The number of rotatable bonds is 3. The molecule has 0 aliphatic carbocycles. The Morgan fingerprint density at radius 2 is 2.11 bits per heavy atom. The third kappa shape index (κ3) is 4.33. The molecule has 0 radical (unpaired) electrons. The highest BCUT2D eigenvalue weighted by Crippen LogP contribution is 2.17. The molecule has 0 aromatic carbocycles. The van der Waals surface area contributed by atoms with Crippen LogP contribution in [0.3, 0.4) is 0 Å². The van der Waals surface area contributed by atoms with Crippen LogP contribution in [0.2, 0.25) is 0 Å². The smallest absolute Gasteiger partial charge is 0.321 e. The van der Waals surface area contributed by atoms with E-state index in [1.165, 1.54) is 14.2 Å². The third-order valence-corrected chi connectivity index (χ3v) is 2.89. The Hall–Kier alpha value is -1.63. The van der Waals surface area contributed by atoms with Crippen molar-refractivity contribution in [3.8, 4) is 0 Å². The van der Waals surface area contributed by atoms with Crippen LogP contribution in [0.15, 0.2) is 0 Å². The molecule has 0 saturated carbocycles. The molecule has 3 amide bonds. The number of nitrogens with zero attached hydrogens (tertiary/aromatic N) is 1. The number of nitrogens with one attached hydrogen (secondary N) is 2. The monoisotopic (exact) mass is 257 g/mol. The lowest BCUT2D eigenvalue weighted by molar-refractivity contribution is -0.147. The topological polar surface area (TPSA) is 87.7 Å². The zero-order chi connectivity index (χ0) is 13.5. The van der Waals surface area contributed by atoms with E-state index in [9.17, 15) is 14.4 Å². The van der Waals surface area contributed by atoms with Crippen molar-refractivity contribution in [3.05, 3.63) is 0 Å². The van der Waals surface area contributed by atoms with E-state index in [2.05, 4.69) is 10.6 Å². The number of hydrogen-bond donors (Lipinski definition) is 2. The minimum absolute atomic E-state index is 0.112. The number of imide groups is 1. The second-order valence-electron chi connectivity index (χ2n) is 4.22. The molecule has 1 heterocycles. The van der Waals surface area contributed by atoms with E-state index in [4.69, 9.17) is 4.74 Å². The van der Waals surface area contributed by atoms with E-state index >= 15 is 0 Å². The lowest BCUT2D eigenvalue weighted by Gasteiger charge is -2.30. The number of carbonyl (C=O) groups is 3. The van der Waals surface area contributed by atoms with Crippen LogP contribution in [0.25, 0.3) is 0 Å². The molecule has 0 spiro atoms. The van der Waals surface area contributed by atoms with E-state index in [-0.39, 0.29) is 24.3 Å². The van der Waals surface area contributed by atoms with Crippen molar-refractivity contribution in [2.45, 2.75) is 12.8 Å². The molecule has 0 bridgehead atoms. The summed E-state index contributed by atoms with van der Waals surface area (Å²) in [6.07, 6.45) is 1.62. The maximum Gasteiger partial charge on any atom is 0.321 e. The Labute approximate surface area is 106 Å². The number of amides is 3. The fourth-order valence-electron chi connectivity index (χ4n) is 1.99. The molecule has 1 aliphatic rings. The van der Waals surface area contributed by atoms with E-state index in [1.54, 1.807) is 0 Å². The van der Waals surface area contributed by atoms with Gasteiger partial charge in [0.2, 0.25) is 5.91 Å². The summed E-state index contributed by atoms with van der Waals surface area (Å²) in [5.41, 5.74) is 0. The standard InChI is InChI=1S/C11H19N3O4/c1-12-11(17)13-9(15)7-14-5-3-4-8(6-14)10(16)18-2/h8H,3-7H2,1-2H3,(H2,12,13,15,17). The highest BCUT2D eigenvalue weighted by molar-refractivity contribution is 5.95. The van der Waals surface area contributed by atoms with Gasteiger partial charge in [-0.1, -0.05) is 0 Å². The van der Waals surface area contributed by atoms with Crippen LogP contribution in [-0.4, -0.2) is 56.6 Å². The largest absolute Gasteiger partial charge is 0.469 e. The maximum absolute atomic E-state index is 11.5. The number of carbonyl (C=O) groups excluding carboxylic acids is 3.